The van der Waals surface area contributed by atoms with Gasteiger partial charge in [-0.1, -0.05) is 11.6 Å². The lowest BCUT2D eigenvalue weighted by atomic mass is 10.2. The van der Waals surface area contributed by atoms with Gasteiger partial charge in [0.25, 0.3) is 0 Å². The summed E-state index contributed by atoms with van der Waals surface area (Å²) in [6.07, 6.45) is 0. The van der Waals surface area contributed by atoms with E-state index in [1.807, 2.05) is 24.3 Å². The van der Waals surface area contributed by atoms with Crippen molar-refractivity contribution >= 4 is 17.5 Å². The summed E-state index contributed by atoms with van der Waals surface area (Å²) in [4.78, 5) is 0. The van der Waals surface area contributed by atoms with Gasteiger partial charge in [-0.15, -0.1) is 5.10 Å². The molecule has 1 heterocycles. The Hall–Kier alpha value is -1.22. The zero-order valence-electron chi connectivity index (χ0n) is 6.96. The molecule has 68 valence electrons. The van der Waals surface area contributed by atoms with Gasteiger partial charge < -0.3 is 10.2 Å². The molecule has 2 rings (SSSR count). The topological polar surface area (TPSA) is 33.6 Å². The molecule has 0 saturated heterocycles. The van der Waals surface area contributed by atoms with Crippen molar-refractivity contribution in [3.63, 3.8) is 0 Å². The van der Waals surface area contributed by atoms with Crippen LogP contribution < -0.4 is 5.43 Å². The van der Waals surface area contributed by atoms with Gasteiger partial charge in [0.1, 0.15) is 6.61 Å². The van der Waals surface area contributed by atoms with E-state index in [9.17, 15) is 0 Å². The Balaban J connectivity index is 2.24. The van der Waals surface area contributed by atoms with E-state index in [1.165, 1.54) is 0 Å². The number of ether oxygens (including phenoxy) is 1. The van der Waals surface area contributed by atoms with Crippen molar-refractivity contribution < 1.29 is 4.74 Å². The maximum atomic E-state index is 5.75. The molecule has 1 aliphatic rings. The second kappa shape index (κ2) is 3.66. The van der Waals surface area contributed by atoms with Gasteiger partial charge in [0, 0.05) is 10.6 Å². The average Bonchev–Trinajstić information content (AvgIpc) is 2.20. The first-order valence-electron chi connectivity index (χ1n) is 4.05. The van der Waals surface area contributed by atoms with Crippen molar-refractivity contribution in [2.24, 2.45) is 5.10 Å². The molecule has 4 heteroatoms. The van der Waals surface area contributed by atoms with E-state index >= 15 is 0 Å². The standard InChI is InChI=1S/C9H9ClN2O/c10-8-3-1-7(2-4-8)9-12-11-5-6-13-9/h1-4,11H,5-6H2. The number of hydrogen-bond donors (Lipinski definition) is 1. The lowest BCUT2D eigenvalue weighted by Crippen LogP contribution is -2.26. The van der Waals surface area contributed by atoms with Crippen molar-refractivity contribution in [1.82, 2.24) is 5.43 Å². The molecule has 0 radical (unpaired) electrons. The van der Waals surface area contributed by atoms with E-state index < -0.39 is 0 Å². The predicted octanol–water partition coefficient (Wildman–Crippen LogP) is 1.62. The molecular weight excluding hydrogens is 188 g/mol. The summed E-state index contributed by atoms with van der Waals surface area (Å²) in [7, 11) is 0. The van der Waals surface area contributed by atoms with Crippen LogP contribution in [0, 0.1) is 0 Å². The van der Waals surface area contributed by atoms with Gasteiger partial charge in [-0.3, -0.25) is 0 Å². The molecule has 13 heavy (non-hydrogen) atoms. The minimum Gasteiger partial charge on any atom is -0.474 e. The van der Waals surface area contributed by atoms with Gasteiger partial charge >= 0.3 is 0 Å². The number of hydrogen-bond acceptors (Lipinski definition) is 3. The molecule has 1 aliphatic heterocycles. The number of nitrogens with zero attached hydrogens (tertiary/aromatic N) is 1. The first-order chi connectivity index (χ1) is 6.36. The van der Waals surface area contributed by atoms with Crippen LogP contribution >= 0.6 is 11.6 Å². The summed E-state index contributed by atoms with van der Waals surface area (Å²) in [6, 6.07) is 7.40. The second-order valence-electron chi connectivity index (χ2n) is 2.68. The molecule has 0 spiro atoms. The Morgan fingerprint density at radius 3 is 2.69 bits per heavy atom. The van der Waals surface area contributed by atoms with Gasteiger partial charge in [0.15, 0.2) is 0 Å². The van der Waals surface area contributed by atoms with Crippen LogP contribution in [0.4, 0.5) is 0 Å². The largest absolute Gasteiger partial charge is 0.474 e. The minimum absolute atomic E-state index is 0.628. The van der Waals surface area contributed by atoms with E-state index in [2.05, 4.69) is 10.5 Å². The number of halogens is 1. The normalized spacial score (nSPS) is 15.6. The first-order valence-corrected chi connectivity index (χ1v) is 4.43. The summed E-state index contributed by atoms with van der Waals surface area (Å²) in [5.74, 6) is 0.628. The van der Waals surface area contributed by atoms with Gasteiger partial charge in [-0.05, 0) is 24.3 Å². The average molecular weight is 197 g/mol. The van der Waals surface area contributed by atoms with Crippen molar-refractivity contribution in [3.8, 4) is 0 Å². The molecule has 0 saturated carbocycles. The highest BCUT2D eigenvalue weighted by Crippen LogP contribution is 2.11. The smallest absolute Gasteiger partial charge is 0.237 e. The third-order valence-corrected chi connectivity index (χ3v) is 1.98. The molecule has 0 fully saturated rings. The van der Waals surface area contributed by atoms with Gasteiger partial charge in [-0.2, -0.15) is 0 Å². The fraction of sp³-hybridized carbons (Fsp3) is 0.222. The van der Waals surface area contributed by atoms with Crippen molar-refractivity contribution in [1.29, 1.82) is 0 Å². The lowest BCUT2D eigenvalue weighted by Gasteiger charge is -2.14. The Labute approximate surface area is 81.4 Å². The predicted molar refractivity (Wildman–Crippen MR) is 51.9 cm³/mol. The molecular formula is C9H9ClN2O. The first kappa shape index (κ1) is 8.38. The summed E-state index contributed by atoms with van der Waals surface area (Å²) >= 11 is 5.75. The maximum absolute atomic E-state index is 5.75. The van der Waals surface area contributed by atoms with Crippen LogP contribution in [0.2, 0.25) is 5.02 Å². The zero-order chi connectivity index (χ0) is 9.10. The second-order valence-corrected chi connectivity index (χ2v) is 3.12. The minimum atomic E-state index is 0.628. The van der Waals surface area contributed by atoms with E-state index in [1.54, 1.807) is 0 Å². The molecule has 3 nitrogen and oxygen atoms in total. The molecule has 0 amide bonds. The van der Waals surface area contributed by atoms with Crippen molar-refractivity contribution in [2.75, 3.05) is 13.2 Å². The fourth-order valence-electron chi connectivity index (χ4n) is 1.09. The molecule has 0 aromatic heterocycles. The Bertz CT molecular complexity index is 321. The number of rotatable bonds is 1. The summed E-state index contributed by atoms with van der Waals surface area (Å²) in [5.41, 5.74) is 3.82. The molecule has 0 unspecified atom stereocenters. The zero-order valence-corrected chi connectivity index (χ0v) is 7.71. The van der Waals surface area contributed by atoms with Crippen LogP contribution in [0.1, 0.15) is 5.56 Å². The van der Waals surface area contributed by atoms with Gasteiger partial charge in [0.05, 0.1) is 6.54 Å². The van der Waals surface area contributed by atoms with Crippen molar-refractivity contribution in [3.05, 3.63) is 34.9 Å². The van der Waals surface area contributed by atoms with Crippen LogP contribution in [0.25, 0.3) is 0 Å². The fourth-order valence-corrected chi connectivity index (χ4v) is 1.22. The molecule has 1 N–H and O–H groups in total. The highest BCUT2D eigenvalue weighted by Gasteiger charge is 2.07. The van der Waals surface area contributed by atoms with Crippen LogP contribution in [0.15, 0.2) is 29.4 Å². The lowest BCUT2D eigenvalue weighted by molar-refractivity contribution is 0.279. The van der Waals surface area contributed by atoms with Crippen LogP contribution in [0.5, 0.6) is 0 Å². The Morgan fingerprint density at radius 1 is 1.31 bits per heavy atom. The highest BCUT2D eigenvalue weighted by molar-refractivity contribution is 6.30. The van der Waals surface area contributed by atoms with E-state index in [-0.39, 0.29) is 0 Å². The van der Waals surface area contributed by atoms with Crippen LogP contribution in [0.3, 0.4) is 0 Å². The third-order valence-electron chi connectivity index (χ3n) is 1.72. The number of hydrazone groups is 1. The summed E-state index contributed by atoms with van der Waals surface area (Å²) < 4.78 is 5.35. The Morgan fingerprint density at radius 2 is 2.08 bits per heavy atom. The van der Waals surface area contributed by atoms with Crippen LogP contribution in [-0.2, 0) is 4.74 Å². The molecule has 1 aromatic rings. The van der Waals surface area contributed by atoms with Crippen molar-refractivity contribution in [2.45, 2.75) is 0 Å². The summed E-state index contributed by atoms with van der Waals surface area (Å²) in [5, 5.41) is 4.75. The number of nitrogens with one attached hydrogen (secondary N) is 1. The number of benzene rings is 1. The summed E-state index contributed by atoms with van der Waals surface area (Å²) in [6.45, 7) is 1.42. The van der Waals surface area contributed by atoms with E-state index in [4.69, 9.17) is 16.3 Å². The van der Waals surface area contributed by atoms with Gasteiger partial charge in [0.2, 0.25) is 5.90 Å². The maximum Gasteiger partial charge on any atom is 0.237 e. The van der Waals surface area contributed by atoms with Gasteiger partial charge in [-0.25, -0.2) is 0 Å². The monoisotopic (exact) mass is 196 g/mol. The van der Waals surface area contributed by atoms with Crippen LogP contribution in [-0.4, -0.2) is 19.0 Å². The molecule has 0 aliphatic carbocycles. The molecule has 1 aromatic carbocycles. The quantitative estimate of drug-likeness (QED) is 0.741. The third kappa shape index (κ3) is 1.92. The molecule has 0 bridgehead atoms. The Kier molecular flexibility index (Phi) is 2.36. The highest BCUT2D eigenvalue weighted by atomic mass is 35.5. The van der Waals surface area contributed by atoms with E-state index in [0.29, 0.717) is 17.5 Å². The molecule has 0 atom stereocenters. The SMILES string of the molecule is Clc1ccc(C2=NNCCO2)cc1. The van der Waals surface area contributed by atoms with E-state index in [0.717, 1.165) is 12.1 Å².